The fourth-order valence-corrected chi connectivity index (χ4v) is 3.99. The van der Waals surface area contributed by atoms with Gasteiger partial charge in [-0.25, -0.2) is 4.79 Å². The smallest absolute Gasteiger partial charge is 0.410 e. The molecule has 0 saturated carbocycles. The summed E-state index contributed by atoms with van der Waals surface area (Å²) in [6.07, 6.45) is 0.448. The van der Waals surface area contributed by atoms with Crippen molar-refractivity contribution in [1.29, 1.82) is 0 Å². The van der Waals surface area contributed by atoms with E-state index in [1.54, 1.807) is 18.9 Å². The number of amides is 1. The molecule has 7 nitrogen and oxygen atoms in total. The first-order valence-electron chi connectivity index (χ1n) is 12.2. The van der Waals surface area contributed by atoms with E-state index >= 15 is 0 Å². The van der Waals surface area contributed by atoms with Crippen molar-refractivity contribution in [1.82, 2.24) is 4.90 Å². The third kappa shape index (κ3) is 7.43. The largest absolute Gasteiger partial charge is 0.497 e. The van der Waals surface area contributed by atoms with Crippen LogP contribution in [0.1, 0.15) is 76.5 Å². The number of carbonyl (C=O) groups excluding carboxylic acids is 1. The van der Waals surface area contributed by atoms with E-state index in [-0.39, 0.29) is 12.3 Å². The Morgan fingerprint density at radius 3 is 2.20 bits per heavy atom. The minimum absolute atomic E-state index is 0.255. The van der Waals surface area contributed by atoms with Crippen LogP contribution in [0.3, 0.4) is 0 Å². The lowest BCUT2D eigenvalue weighted by Gasteiger charge is -2.34. The first-order chi connectivity index (χ1) is 16.5. The Morgan fingerprint density at radius 1 is 1.06 bits per heavy atom. The van der Waals surface area contributed by atoms with Crippen LogP contribution in [0, 0.1) is 0 Å². The molecule has 2 aromatic carbocycles. The molecular weight excluding hydrogens is 446 g/mol. The van der Waals surface area contributed by atoms with Gasteiger partial charge in [0.15, 0.2) is 6.29 Å². The van der Waals surface area contributed by atoms with Crippen LogP contribution in [0.2, 0.25) is 0 Å². The molecule has 0 spiro atoms. The summed E-state index contributed by atoms with van der Waals surface area (Å²) in [6, 6.07) is 15.0. The summed E-state index contributed by atoms with van der Waals surface area (Å²) in [5.41, 5.74) is 0.864. The van der Waals surface area contributed by atoms with Gasteiger partial charge in [0.1, 0.15) is 11.4 Å². The monoisotopic (exact) mass is 485 g/mol. The normalized spacial score (nSPS) is 17.3. The lowest BCUT2D eigenvalue weighted by atomic mass is 9.91. The molecule has 3 rings (SSSR count). The molecule has 2 unspecified atom stereocenters. The van der Waals surface area contributed by atoms with Crippen LogP contribution in [0.15, 0.2) is 48.5 Å². The third-order valence-electron chi connectivity index (χ3n) is 6.17. The maximum Gasteiger partial charge on any atom is 0.410 e. The first kappa shape index (κ1) is 27.0. The summed E-state index contributed by atoms with van der Waals surface area (Å²) in [5, 5.41) is 11.3. The van der Waals surface area contributed by atoms with E-state index in [2.05, 4.69) is 0 Å². The number of aliphatic hydroxyl groups is 1. The SMILES string of the molecule is COc1ccc(C(C)N(CCC(C)(O)c2ccc(C3OCCCO3)cc2)C(=O)OC(C)(C)C)cc1. The maximum absolute atomic E-state index is 13.1. The van der Waals surface area contributed by atoms with E-state index in [9.17, 15) is 9.90 Å². The molecule has 1 saturated heterocycles. The Hall–Kier alpha value is -2.61. The van der Waals surface area contributed by atoms with Gasteiger partial charge in [-0.2, -0.15) is 0 Å². The van der Waals surface area contributed by atoms with E-state index in [1.807, 2.05) is 76.2 Å². The lowest BCUT2D eigenvalue weighted by Crippen LogP contribution is -2.41. The van der Waals surface area contributed by atoms with Crippen LogP contribution in [0.4, 0.5) is 4.79 Å². The summed E-state index contributed by atoms with van der Waals surface area (Å²) in [5.74, 6) is 0.750. The van der Waals surface area contributed by atoms with Gasteiger partial charge in [0.05, 0.1) is 32.0 Å². The van der Waals surface area contributed by atoms with E-state index in [1.165, 1.54) is 0 Å². The molecule has 1 aliphatic rings. The zero-order valence-corrected chi connectivity index (χ0v) is 21.7. The Morgan fingerprint density at radius 2 is 1.66 bits per heavy atom. The Balaban J connectivity index is 1.74. The zero-order valence-electron chi connectivity index (χ0n) is 21.7. The first-order valence-corrected chi connectivity index (χ1v) is 12.2. The van der Waals surface area contributed by atoms with E-state index < -0.39 is 17.3 Å². The van der Waals surface area contributed by atoms with Gasteiger partial charge in [-0.15, -0.1) is 0 Å². The molecule has 2 aromatic rings. The van der Waals surface area contributed by atoms with Crippen molar-refractivity contribution in [3.05, 3.63) is 65.2 Å². The highest BCUT2D eigenvalue weighted by molar-refractivity contribution is 5.69. The van der Waals surface area contributed by atoms with Crippen LogP contribution in [0.25, 0.3) is 0 Å². The fraction of sp³-hybridized carbons (Fsp3) is 0.536. The molecular formula is C28H39NO6. The van der Waals surface area contributed by atoms with E-state index in [0.29, 0.717) is 26.2 Å². The van der Waals surface area contributed by atoms with Gasteiger partial charge in [0, 0.05) is 12.1 Å². The summed E-state index contributed by atoms with van der Waals surface area (Å²) in [6.45, 7) is 10.9. The van der Waals surface area contributed by atoms with Crippen LogP contribution in [-0.2, 0) is 19.8 Å². The Labute approximate surface area is 208 Å². The van der Waals surface area contributed by atoms with Crippen molar-refractivity contribution in [3.8, 4) is 5.75 Å². The second kappa shape index (κ2) is 11.4. The molecule has 0 radical (unpaired) electrons. The van der Waals surface area contributed by atoms with E-state index in [0.717, 1.165) is 28.9 Å². The number of hydrogen-bond acceptors (Lipinski definition) is 6. The zero-order chi connectivity index (χ0) is 25.6. The predicted molar refractivity (Wildman–Crippen MR) is 134 cm³/mol. The second-order valence-corrected chi connectivity index (χ2v) is 10.2. The second-order valence-electron chi connectivity index (χ2n) is 10.2. The fourth-order valence-electron chi connectivity index (χ4n) is 3.99. The van der Waals surface area contributed by atoms with Gasteiger partial charge in [-0.05, 0) is 70.7 Å². The summed E-state index contributed by atoms with van der Waals surface area (Å²) in [4.78, 5) is 14.8. The molecule has 2 atom stereocenters. The van der Waals surface area contributed by atoms with Crippen molar-refractivity contribution in [2.24, 2.45) is 0 Å². The average Bonchev–Trinajstić information content (AvgIpc) is 2.83. The molecule has 0 bridgehead atoms. The molecule has 1 N–H and O–H groups in total. The third-order valence-corrected chi connectivity index (χ3v) is 6.17. The van der Waals surface area contributed by atoms with Crippen LogP contribution in [0.5, 0.6) is 5.75 Å². The molecule has 1 amide bonds. The lowest BCUT2D eigenvalue weighted by molar-refractivity contribution is -0.183. The van der Waals surface area contributed by atoms with Crippen molar-refractivity contribution in [3.63, 3.8) is 0 Å². The number of nitrogens with zero attached hydrogens (tertiary/aromatic N) is 1. The Kier molecular flexibility index (Phi) is 8.80. The minimum atomic E-state index is -1.15. The molecule has 1 fully saturated rings. The highest BCUT2D eigenvalue weighted by atomic mass is 16.7. The van der Waals surface area contributed by atoms with Crippen molar-refractivity contribution < 1.29 is 28.8 Å². The summed E-state index contributed by atoms with van der Waals surface area (Å²) in [7, 11) is 1.62. The van der Waals surface area contributed by atoms with E-state index in [4.69, 9.17) is 18.9 Å². The molecule has 35 heavy (non-hydrogen) atoms. The van der Waals surface area contributed by atoms with Gasteiger partial charge < -0.3 is 29.0 Å². The molecule has 0 aromatic heterocycles. The molecule has 1 aliphatic heterocycles. The Bertz CT molecular complexity index is 943. The maximum atomic E-state index is 13.1. The molecule has 1 heterocycles. The van der Waals surface area contributed by atoms with Gasteiger partial charge in [0.2, 0.25) is 0 Å². The number of hydrogen-bond donors (Lipinski definition) is 1. The topological polar surface area (TPSA) is 77.5 Å². The standard InChI is InChI=1S/C28H39NO6/c1-20(21-10-14-24(32-6)15-11-21)29(26(30)35-27(2,3)4)17-16-28(5,31)23-12-8-22(9-13-23)25-33-18-7-19-34-25/h8-15,20,25,31H,7,16-19H2,1-6H3. The average molecular weight is 486 g/mol. The number of ether oxygens (including phenoxy) is 4. The van der Waals surface area contributed by atoms with Gasteiger partial charge in [-0.1, -0.05) is 36.4 Å². The summed E-state index contributed by atoms with van der Waals surface area (Å²) >= 11 is 0. The predicted octanol–water partition coefficient (Wildman–Crippen LogP) is 5.73. The van der Waals surface area contributed by atoms with Gasteiger partial charge in [0.25, 0.3) is 0 Å². The molecule has 192 valence electrons. The van der Waals surface area contributed by atoms with Crippen LogP contribution >= 0.6 is 0 Å². The molecule has 0 aliphatic carbocycles. The van der Waals surface area contributed by atoms with Crippen LogP contribution in [-0.4, -0.2) is 48.6 Å². The van der Waals surface area contributed by atoms with Crippen molar-refractivity contribution >= 4 is 6.09 Å². The summed E-state index contributed by atoms with van der Waals surface area (Å²) < 4.78 is 22.3. The van der Waals surface area contributed by atoms with Crippen molar-refractivity contribution in [2.45, 2.75) is 71.0 Å². The highest BCUT2D eigenvalue weighted by Crippen LogP contribution is 2.31. The quantitative estimate of drug-likeness (QED) is 0.515. The van der Waals surface area contributed by atoms with Crippen molar-refractivity contribution in [2.75, 3.05) is 26.9 Å². The number of methoxy groups -OCH3 is 1. The minimum Gasteiger partial charge on any atom is -0.497 e. The molecule has 7 heteroatoms. The van der Waals surface area contributed by atoms with Crippen LogP contribution < -0.4 is 4.74 Å². The highest BCUT2D eigenvalue weighted by Gasteiger charge is 2.31. The number of carbonyl (C=O) groups is 1. The van der Waals surface area contributed by atoms with Gasteiger partial charge >= 0.3 is 6.09 Å². The number of benzene rings is 2. The van der Waals surface area contributed by atoms with Gasteiger partial charge in [-0.3, -0.25) is 0 Å². The number of rotatable bonds is 8.